The van der Waals surface area contributed by atoms with Crippen molar-refractivity contribution in [3.05, 3.63) is 59.7 Å². The fraction of sp³-hybridized carbons (Fsp3) is 0.300. The molecule has 1 N–H and O–H groups in total. The van der Waals surface area contributed by atoms with Gasteiger partial charge in [0.2, 0.25) is 11.7 Å². The van der Waals surface area contributed by atoms with Gasteiger partial charge in [-0.05, 0) is 35.2 Å². The average molecular weight is 365 g/mol. The number of rotatable bonds is 8. The van der Waals surface area contributed by atoms with E-state index in [-0.39, 0.29) is 12.5 Å². The zero-order valence-corrected chi connectivity index (χ0v) is 15.6. The van der Waals surface area contributed by atoms with Crippen LogP contribution in [0.5, 0.6) is 5.75 Å². The van der Waals surface area contributed by atoms with Crippen molar-refractivity contribution in [2.45, 2.75) is 26.3 Å². The van der Waals surface area contributed by atoms with Gasteiger partial charge in [-0.15, -0.1) is 10.2 Å². The number of nitrogens with zero attached hydrogens (tertiary/aromatic N) is 4. The molecule has 1 amide bonds. The molecule has 0 radical (unpaired) electrons. The van der Waals surface area contributed by atoms with Crippen LogP contribution in [-0.4, -0.2) is 39.8 Å². The Morgan fingerprint density at radius 1 is 1.15 bits per heavy atom. The second-order valence-corrected chi connectivity index (χ2v) is 6.11. The molecule has 0 saturated heterocycles. The van der Waals surface area contributed by atoms with Gasteiger partial charge in [-0.3, -0.25) is 4.79 Å². The Labute approximate surface area is 158 Å². The summed E-state index contributed by atoms with van der Waals surface area (Å²) in [6.45, 7) is 2.65. The van der Waals surface area contributed by atoms with E-state index in [1.165, 1.54) is 10.4 Å². The molecule has 0 aliphatic heterocycles. The van der Waals surface area contributed by atoms with Crippen molar-refractivity contribution >= 4 is 5.91 Å². The molecule has 0 bridgehead atoms. The van der Waals surface area contributed by atoms with Crippen LogP contribution in [0.2, 0.25) is 0 Å². The van der Waals surface area contributed by atoms with Crippen molar-refractivity contribution in [2.75, 3.05) is 13.7 Å². The molecule has 0 atom stereocenters. The van der Waals surface area contributed by atoms with Crippen LogP contribution in [0.3, 0.4) is 0 Å². The number of methoxy groups -OCH3 is 1. The lowest BCUT2D eigenvalue weighted by Crippen LogP contribution is -2.30. The van der Waals surface area contributed by atoms with Crippen LogP contribution < -0.4 is 10.1 Å². The minimum Gasteiger partial charge on any atom is -0.496 e. The molecule has 0 saturated carbocycles. The Morgan fingerprint density at radius 2 is 1.93 bits per heavy atom. The highest BCUT2D eigenvalue weighted by Crippen LogP contribution is 2.17. The lowest BCUT2D eigenvalue weighted by molar-refractivity contribution is -0.122. The van der Waals surface area contributed by atoms with Gasteiger partial charge in [-0.1, -0.05) is 49.4 Å². The average Bonchev–Trinajstić information content (AvgIpc) is 3.16. The quantitative estimate of drug-likeness (QED) is 0.662. The third-order valence-electron chi connectivity index (χ3n) is 4.27. The first kappa shape index (κ1) is 18.6. The van der Waals surface area contributed by atoms with Gasteiger partial charge >= 0.3 is 0 Å². The van der Waals surface area contributed by atoms with Crippen LogP contribution >= 0.6 is 0 Å². The summed E-state index contributed by atoms with van der Waals surface area (Å²) in [7, 11) is 1.64. The van der Waals surface area contributed by atoms with Gasteiger partial charge in [0.1, 0.15) is 12.3 Å². The molecule has 0 unspecified atom stereocenters. The highest BCUT2D eigenvalue weighted by atomic mass is 16.5. The maximum Gasteiger partial charge on any atom is 0.243 e. The molecule has 27 heavy (non-hydrogen) atoms. The Hall–Kier alpha value is -3.22. The van der Waals surface area contributed by atoms with Gasteiger partial charge in [0.05, 0.1) is 7.11 Å². The molecule has 2 aromatic carbocycles. The third kappa shape index (κ3) is 4.91. The number of nitrogens with one attached hydrogen (secondary N) is 1. The molecule has 1 heterocycles. The SMILES string of the molecule is CCc1ccc(-c2nnn(CC(=O)NCCc3ccccc3OC)n2)cc1. The number of para-hydroxylation sites is 1. The van der Waals surface area contributed by atoms with Crippen LogP contribution in [0.4, 0.5) is 0 Å². The summed E-state index contributed by atoms with van der Waals surface area (Å²) >= 11 is 0. The van der Waals surface area contributed by atoms with Crippen LogP contribution in [0.1, 0.15) is 18.1 Å². The predicted molar refractivity (Wildman–Crippen MR) is 102 cm³/mol. The number of tetrazole rings is 1. The van der Waals surface area contributed by atoms with E-state index in [2.05, 4.69) is 27.7 Å². The normalized spacial score (nSPS) is 10.6. The summed E-state index contributed by atoms with van der Waals surface area (Å²) < 4.78 is 5.31. The summed E-state index contributed by atoms with van der Waals surface area (Å²) in [4.78, 5) is 13.4. The first-order valence-corrected chi connectivity index (χ1v) is 8.95. The topological polar surface area (TPSA) is 81.9 Å². The lowest BCUT2D eigenvalue weighted by Gasteiger charge is -2.08. The molecule has 0 aliphatic carbocycles. The van der Waals surface area contributed by atoms with E-state index in [1.54, 1.807) is 7.11 Å². The molecule has 3 rings (SSSR count). The van der Waals surface area contributed by atoms with Gasteiger partial charge < -0.3 is 10.1 Å². The molecule has 0 fully saturated rings. The van der Waals surface area contributed by atoms with Crippen molar-refractivity contribution in [1.82, 2.24) is 25.5 Å². The van der Waals surface area contributed by atoms with Crippen molar-refractivity contribution in [1.29, 1.82) is 0 Å². The first-order valence-electron chi connectivity index (χ1n) is 8.95. The van der Waals surface area contributed by atoms with Gasteiger partial charge in [-0.25, -0.2) is 0 Å². The maximum absolute atomic E-state index is 12.1. The standard InChI is InChI=1S/C20H23N5O2/c1-3-15-8-10-17(11-9-15)20-22-24-25(23-20)14-19(26)21-13-12-16-6-4-5-7-18(16)27-2/h4-11H,3,12-14H2,1-2H3,(H,21,26). The maximum atomic E-state index is 12.1. The number of aromatic nitrogens is 4. The number of ether oxygens (including phenoxy) is 1. The monoisotopic (exact) mass is 365 g/mol. The smallest absolute Gasteiger partial charge is 0.243 e. The highest BCUT2D eigenvalue weighted by Gasteiger charge is 2.09. The van der Waals surface area contributed by atoms with Crippen LogP contribution in [0, 0.1) is 0 Å². The molecule has 140 valence electrons. The van der Waals surface area contributed by atoms with Crippen LogP contribution in [-0.2, 0) is 24.2 Å². The summed E-state index contributed by atoms with van der Waals surface area (Å²) in [5.41, 5.74) is 3.19. The second kappa shape index (κ2) is 8.93. The largest absolute Gasteiger partial charge is 0.496 e. The molecule has 3 aromatic rings. The van der Waals surface area contributed by atoms with E-state index in [0.717, 1.165) is 23.3 Å². The van der Waals surface area contributed by atoms with Crippen molar-refractivity contribution in [2.24, 2.45) is 0 Å². The number of hydrogen-bond donors (Lipinski definition) is 1. The second-order valence-electron chi connectivity index (χ2n) is 6.11. The molecule has 7 nitrogen and oxygen atoms in total. The van der Waals surface area contributed by atoms with Gasteiger partial charge in [0.15, 0.2) is 0 Å². The van der Waals surface area contributed by atoms with Gasteiger partial charge in [0.25, 0.3) is 0 Å². The number of aryl methyl sites for hydroxylation is 1. The first-order chi connectivity index (χ1) is 13.2. The van der Waals surface area contributed by atoms with Crippen molar-refractivity contribution < 1.29 is 9.53 Å². The molecule has 0 spiro atoms. The van der Waals surface area contributed by atoms with Gasteiger partial charge in [-0.2, -0.15) is 4.80 Å². The molecule has 1 aromatic heterocycles. The molecule has 7 heteroatoms. The summed E-state index contributed by atoms with van der Waals surface area (Å²) in [6, 6.07) is 15.8. The number of carbonyl (C=O) groups is 1. The minimum atomic E-state index is -0.157. The van der Waals surface area contributed by atoms with Gasteiger partial charge in [0, 0.05) is 12.1 Å². The zero-order valence-electron chi connectivity index (χ0n) is 15.6. The fourth-order valence-electron chi connectivity index (χ4n) is 2.75. The highest BCUT2D eigenvalue weighted by molar-refractivity contribution is 5.75. The summed E-state index contributed by atoms with van der Waals surface area (Å²) in [5, 5.41) is 15.1. The molecule has 0 aliphatic rings. The van der Waals surface area contributed by atoms with E-state index >= 15 is 0 Å². The Morgan fingerprint density at radius 3 is 2.67 bits per heavy atom. The number of hydrogen-bond acceptors (Lipinski definition) is 5. The minimum absolute atomic E-state index is 0.0337. The Bertz CT molecular complexity index is 889. The van der Waals surface area contributed by atoms with Crippen LogP contribution in [0.25, 0.3) is 11.4 Å². The van der Waals surface area contributed by atoms with E-state index < -0.39 is 0 Å². The van der Waals surface area contributed by atoms with E-state index in [4.69, 9.17) is 4.74 Å². The summed E-state index contributed by atoms with van der Waals surface area (Å²) in [6.07, 6.45) is 1.67. The predicted octanol–water partition coefficient (Wildman–Crippen LogP) is 2.27. The molecular formula is C20H23N5O2. The Balaban J connectivity index is 1.51. The van der Waals surface area contributed by atoms with E-state index in [1.807, 2.05) is 48.5 Å². The fourth-order valence-corrected chi connectivity index (χ4v) is 2.75. The lowest BCUT2D eigenvalue weighted by atomic mass is 10.1. The number of benzene rings is 2. The number of carbonyl (C=O) groups excluding carboxylic acids is 1. The van der Waals surface area contributed by atoms with E-state index in [9.17, 15) is 4.79 Å². The number of amides is 1. The van der Waals surface area contributed by atoms with E-state index in [0.29, 0.717) is 18.8 Å². The van der Waals surface area contributed by atoms with Crippen molar-refractivity contribution in [3.8, 4) is 17.1 Å². The third-order valence-corrected chi connectivity index (χ3v) is 4.27. The zero-order chi connectivity index (χ0) is 19.1. The Kier molecular flexibility index (Phi) is 6.14. The van der Waals surface area contributed by atoms with Crippen molar-refractivity contribution in [3.63, 3.8) is 0 Å². The van der Waals surface area contributed by atoms with Crippen LogP contribution in [0.15, 0.2) is 48.5 Å². The molecular weight excluding hydrogens is 342 g/mol. The summed E-state index contributed by atoms with van der Waals surface area (Å²) in [5.74, 6) is 1.18.